The van der Waals surface area contributed by atoms with Gasteiger partial charge in [-0.3, -0.25) is 9.69 Å². The number of likely N-dealkylation sites (tertiary alicyclic amines) is 1. The first-order chi connectivity index (χ1) is 13.0. The van der Waals surface area contributed by atoms with Crippen molar-refractivity contribution in [3.63, 3.8) is 0 Å². The molecular weight excluding hydrogens is 404 g/mol. The lowest BCUT2D eigenvalue weighted by atomic mass is 9.91. The van der Waals surface area contributed by atoms with Crippen LogP contribution in [0.5, 0.6) is 0 Å². The Bertz CT molecular complexity index is 673. The van der Waals surface area contributed by atoms with Crippen molar-refractivity contribution >= 4 is 21.8 Å². The Balaban J connectivity index is 1.32. The second-order valence-corrected chi connectivity index (χ2v) is 9.72. The number of benzene rings is 1. The monoisotopic (exact) mass is 434 g/mol. The second kappa shape index (κ2) is 7.84. The van der Waals surface area contributed by atoms with Crippen LogP contribution in [0.3, 0.4) is 0 Å². The minimum absolute atomic E-state index is 0.244. The average Bonchev–Trinajstić information content (AvgIpc) is 3.43. The molecule has 3 aliphatic rings. The van der Waals surface area contributed by atoms with Gasteiger partial charge in [-0.05, 0) is 63.1 Å². The summed E-state index contributed by atoms with van der Waals surface area (Å²) in [6.45, 7) is 9.38. The highest BCUT2D eigenvalue weighted by Crippen LogP contribution is 2.50. The molecule has 4 nitrogen and oxygen atoms in total. The van der Waals surface area contributed by atoms with Gasteiger partial charge in [0.25, 0.3) is 0 Å². The van der Waals surface area contributed by atoms with E-state index in [0.717, 1.165) is 62.9 Å². The first-order valence-electron chi connectivity index (χ1n) is 10.4. The van der Waals surface area contributed by atoms with Crippen molar-refractivity contribution in [1.29, 1.82) is 0 Å². The van der Waals surface area contributed by atoms with Gasteiger partial charge < -0.3 is 9.64 Å². The Morgan fingerprint density at radius 3 is 2.44 bits per heavy atom. The number of carbonyl (C=O) groups excluding carboxylic acids is 1. The van der Waals surface area contributed by atoms with E-state index >= 15 is 0 Å². The molecular formula is C22H31BrN2O2. The van der Waals surface area contributed by atoms with E-state index in [1.54, 1.807) is 0 Å². The van der Waals surface area contributed by atoms with Crippen LogP contribution in [0.15, 0.2) is 28.7 Å². The summed E-state index contributed by atoms with van der Waals surface area (Å²) >= 11 is 3.55. The van der Waals surface area contributed by atoms with Crippen LogP contribution in [0.4, 0.5) is 0 Å². The SMILES string of the molecule is CC1CN(CC2CCN(C(=O)C3(c4cccc(Br)c4)CC3)CC2)CC(C)O1. The molecule has 0 aromatic heterocycles. The molecule has 2 atom stereocenters. The van der Waals surface area contributed by atoms with E-state index in [4.69, 9.17) is 4.74 Å². The smallest absolute Gasteiger partial charge is 0.233 e. The number of hydrogen-bond acceptors (Lipinski definition) is 3. The van der Waals surface area contributed by atoms with Crippen molar-refractivity contribution < 1.29 is 9.53 Å². The number of rotatable bonds is 4. The first kappa shape index (κ1) is 19.4. The van der Waals surface area contributed by atoms with Gasteiger partial charge in [0.2, 0.25) is 5.91 Å². The third kappa shape index (κ3) is 4.25. The third-order valence-corrected chi connectivity index (χ3v) is 6.94. The highest BCUT2D eigenvalue weighted by molar-refractivity contribution is 9.10. The Hall–Kier alpha value is -0.910. The quantitative estimate of drug-likeness (QED) is 0.721. The van der Waals surface area contributed by atoms with Crippen LogP contribution < -0.4 is 0 Å². The number of morpholine rings is 1. The molecule has 5 heteroatoms. The van der Waals surface area contributed by atoms with Gasteiger partial charge in [-0.15, -0.1) is 0 Å². The molecule has 1 amide bonds. The lowest BCUT2D eigenvalue weighted by Crippen LogP contribution is -2.49. The number of ether oxygens (including phenoxy) is 1. The molecule has 1 saturated carbocycles. The maximum absolute atomic E-state index is 13.3. The van der Waals surface area contributed by atoms with Gasteiger partial charge in [0.1, 0.15) is 0 Å². The Morgan fingerprint density at radius 2 is 1.85 bits per heavy atom. The van der Waals surface area contributed by atoms with Gasteiger partial charge in [0.05, 0.1) is 17.6 Å². The predicted molar refractivity (Wildman–Crippen MR) is 111 cm³/mol. The number of amides is 1. The standard InChI is InChI=1S/C22H31BrN2O2/c1-16-13-24(14-17(2)27-16)15-18-6-10-25(11-7-18)21(26)22(8-9-22)19-4-3-5-20(23)12-19/h3-5,12,16-18H,6-11,13-15H2,1-2H3. The summed E-state index contributed by atoms with van der Waals surface area (Å²) in [6.07, 6.45) is 4.89. The summed E-state index contributed by atoms with van der Waals surface area (Å²) in [5.41, 5.74) is 0.936. The Morgan fingerprint density at radius 1 is 1.19 bits per heavy atom. The van der Waals surface area contributed by atoms with E-state index in [0.29, 0.717) is 24.0 Å². The topological polar surface area (TPSA) is 32.8 Å². The largest absolute Gasteiger partial charge is 0.373 e. The number of halogens is 1. The van der Waals surface area contributed by atoms with Gasteiger partial charge >= 0.3 is 0 Å². The van der Waals surface area contributed by atoms with E-state index in [9.17, 15) is 4.79 Å². The minimum Gasteiger partial charge on any atom is -0.373 e. The normalized spacial score (nSPS) is 28.9. The fourth-order valence-corrected chi connectivity index (χ4v) is 5.36. The van der Waals surface area contributed by atoms with Crippen molar-refractivity contribution in [2.75, 3.05) is 32.7 Å². The molecule has 1 aliphatic carbocycles. The van der Waals surface area contributed by atoms with Gasteiger partial charge in [-0.25, -0.2) is 0 Å². The van der Waals surface area contributed by atoms with E-state index in [1.165, 1.54) is 5.56 Å². The lowest BCUT2D eigenvalue weighted by molar-refractivity contribution is -0.135. The Labute approximate surface area is 171 Å². The zero-order chi connectivity index (χ0) is 19.0. The van der Waals surface area contributed by atoms with Crippen LogP contribution in [-0.4, -0.2) is 60.6 Å². The van der Waals surface area contributed by atoms with Gasteiger partial charge in [0.15, 0.2) is 0 Å². The van der Waals surface area contributed by atoms with E-state index < -0.39 is 0 Å². The second-order valence-electron chi connectivity index (χ2n) is 8.80. The molecule has 148 valence electrons. The van der Waals surface area contributed by atoms with Crippen LogP contribution in [0.2, 0.25) is 0 Å². The molecule has 2 heterocycles. The number of hydrogen-bond donors (Lipinski definition) is 0. The zero-order valence-electron chi connectivity index (χ0n) is 16.5. The molecule has 0 N–H and O–H groups in total. The van der Waals surface area contributed by atoms with Crippen molar-refractivity contribution in [2.24, 2.45) is 5.92 Å². The lowest BCUT2D eigenvalue weighted by Gasteiger charge is -2.40. The minimum atomic E-state index is -0.244. The molecule has 2 aliphatic heterocycles. The summed E-state index contributed by atoms with van der Waals surface area (Å²) < 4.78 is 6.91. The zero-order valence-corrected chi connectivity index (χ0v) is 18.1. The molecule has 1 aromatic rings. The van der Waals surface area contributed by atoms with E-state index in [1.807, 2.05) is 12.1 Å². The fraction of sp³-hybridized carbons (Fsp3) is 0.682. The molecule has 3 fully saturated rings. The maximum Gasteiger partial charge on any atom is 0.233 e. The summed E-state index contributed by atoms with van der Waals surface area (Å²) in [6, 6.07) is 8.31. The molecule has 1 aromatic carbocycles. The highest BCUT2D eigenvalue weighted by Gasteiger charge is 2.53. The number of carbonyl (C=O) groups is 1. The maximum atomic E-state index is 13.3. The van der Waals surface area contributed by atoms with Gasteiger partial charge in [-0.1, -0.05) is 28.1 Å². The average molecular weight is 435 g/mol. The van der Waals surface area contributed by atoms with Crippen molar-refractivity contribution in [3.05, 3.63) is 34.3 Å². The summed E-state index contributed by atoms with van der Waals surface area (Å²) in [4.78, 5) is 18.0. The molecule has 0 spiro atoms. The molecule has 2 unspecified atom stereocenters. The first-order valence-corrected chi connectivity index (χ1v) is 11.2. The van der Waals surface area contributed by atoms with Crippen LogP contribution in [0.1, 0.15) is 45.1 Å². The van der Waals surface area contributed by atoms with Crippen molar-refractivity contribution in [3.8, 4) is 0 Å². The van der Waals surface area contributed by atoms with Crippen LogP contribution in [0.25, 0.3) is 0 Å². The molecule has 0 bridgehead atoms. The predicted octanol–water partition coefficient (Wildman–Crippen LogP) is 3.83. The third-order valence-electron chi connectivity index (χ3n) is 6.45. The van der Waals surface area contributed by atoms with Gasteiger partial charge in [-0.2, -0.15) is 0 Å². The molecule has 27 heavy (non-hydrogen) atoms. The Kier molecular flexibility index (Phi) is 5.64. The van der Waals surface area contributed by atoms with Crippen LogP contribution in [0, 0.1) is 5.92 Å². The highest BCUT2D eigenvalue weighted by atomic mass is 79.9. The molecule has 0 radical (unpaired) electrons. The van der Waals surface area contributed by atoms with E-state index in [-0.39, 0.29) is 5.41 Å². The summed E-state index contributed by atoms with van der Waals surface area (Å²) in [5, 5.41) is 0. The van der Waals surface area contributed by atoms with Crippen molar-refractivity contribution in [2.45, 2.75) is 57.2 Å². The van der Waals surface area contributed by atoms with Crippen molar-refractivity contribution in [1.82, 2.24) is 9.80 Å². The summed E-state index contributed by atoms with van der Waals surface area (Å²) in [7, 11) is 0. The number of piperidine rings is 1. The number of nitrogens with zero attached hydrogens (tertiary/aromatic N) is 2. The molecule has 2 saturated heterocycles. The van der Waals surface area contributed by atoms with E-state index in [2.05, 4.69) is 51.7 Å². The fourth-order valence-electron chi connectivity index (χ4n) is 4.96. The van der Waals surface area contributed by atoms with Gasteiger partial charge in [0, 0.05) is 37.2 Å². The molecule has 4 rings (SSSR count). The summed E-state index contributed by atoms with van der Waals surface area (Å²) in [5.74, 6) is 1.06. The van der Waals surface area contributed by atoms with Crippen LogP contribution in [-0.2, 0) is 14.9 Å². The van der Waals surface area contributed by atoms with Crippen LogP contribution >= 0.6 is 15.9 Å².